The first-order chi connectivity index (χ1) is 11.7. The van der Waals surface area contributed by atoms with Crippen LogP contribution in [0.1, 0.15) is 23.5 Å². The normalized spacial score (nSPS) is 14.4. The Morgan fingerprint density at radius 1 is 1.40 bits per heavy atom. The molecule has 2 rings (SSSR count). The average molecular weight is 346 g/mol. The maximum atomic E-state index is 13.5. The number of hydrogen-bond donors (Lipinski definition) is 2. The van der Waals surface area contributed by atoms with Crippen molar-refractivity contribution in [2.75, 3.05) is 6.54 Å². The summed E-state index contributed by atoms with van der Waals surface area (Å²) in [6.07, 6.45) is 1.40. The summed E-state index contributed by atoms with van der Waals surface area (Å²) in [5.74, 6) is -1.33. The minimum atomic E-state index is -0.865. The highest BCUT2D eigenvalue weighted by Crippen LogP contribution is 2.21. The zero-order chi connectivity index (χ0) is 18.7. The van der Waals surface area contributed by atoms with Crippen LogP contribution in [-0.2, 0) is 16.0 Å². The van der Waals surface area contributed by atoms with E-state index in [0.29, 0.717) is 17.1 Å². The summed E-state index contributed by atoms with van der Waals surface area (Å²) >= 11 is 0. The van der Waals surface area contributed by atoms with Crippen molar-refractivity contribution in [1.82, 2.24) is 20.2 Å². The number of amides is 2. The first-order valence-corrected chi connectivity index (χ1v) is 7.62. The van der Waals surface area contributed by atoms with Gasteiger partial charge in [0.1, 0.15) is 23.9 Å². The minimum Gasteiger partial charge on any atom is -0.320 e. The van der Waals surface area contributed by atoms with E-state index in [0.717, 1.165) is 4.90 Å². The van der Waals surface area contributed by atoms with E-state index >= 15 is 0 Å². The number of nitrogens with zero attached hydrogens (tertiary/aromatic N) is 2. The molecule has 132 valence electrons. The second-order valence-corrected chi connectivity index (χ2v) is 5.61. The molecule has 2 N–H and O–H groups in total. The Morgan fingerprint density at radius 2 is 2.08 bits per heavy atom. The van der Waals surface area contributed by atoms with E-state index in [2.05, 4.69) is 28.4 Å². The molecule has 8 heteroatoms. The molecule has 2 heterocycles. The maximum Gasteiger partial charge on any atom is 0.254 e. The van der Waals surface area contributed by atoms with Gasteiger partial charge in [0.15, 0.2) is 0 Å². The number of carbonyl (C=O) groups is 2. The highest BCUT2D eigenvalue weighted by atomic mass is 19.1. The van der Waals surface area contributed by atoms with Gasteiger partial charge in [0.2, 0.25) is 11.8 Å². The van der Waals surface area contributed by atoms with Gasteiger partial charge in [-0.05, 0) is 26.3 Å². The van der Waals surface area contributed by atoms with Crippen LogP contribution in [-0.4, -0.2) is 33.2 Å². The molecule has 0 aliphatic carbocycles. The Kier molecular flexibility index (Phi) is 5.31. The quantitative estimate of drug-likeness (QED) is 0.836. The molecule has 7 nitrogen and oxygen atoms in total. The van der Waals surface area contributed by atoms with E-state index in [4.69, 9.17) is 0 Å². The van der Waals surface area contributed by atoms with E-state index in [1.54, 1.807) is 13.8 Å². The number of aromatic amines is 1. The fourth-order valence-corrected chi connectivity index (χ4v) is 2.66. The average Bonchev–Trinajstić information content (AvgIpc) is 2.52. The Bertz CT molecular complexity index is 854. The summed E-state index contributed by atoms with van der Waals surface area (Å²) in [4.78, 5) is 44.1. The monoisotopic (exact) mass is 346 g/mol. The number of aromatic nitrogens is 2. The van der Waals surface area contributed by atoms with Crippen molar-refractivity contribution in [3.63, 3.8) is 0 Å². The number of allylic oxidation sites excluding steroid dienone is 2. The van der Waals surface area contributed by atoms with E-state index in [1.165, 1.54) is 6.08 Å². The third-order valence-electron chi connectivity index (χ3n) is 3.81. The molecule has 0 fully saturated rings. The van der Waals surface area contributed by atoms with Crippen LogP contribution < -0.4 is 10.9 Å². The van der Waals surface area contributed by atoms with E-state index < -0.39 is 17.6 Å². The molecule has 1 aromatic rings. The first-order valence-electron chi connectivity index (χ1n) is 7.62. The van der Waals surface area contributed by atoms with Gasteiger partial charge in [0.25, 0.3) is 5.56 Å². The maximum absolute atomic E-state index is 13.5. The number of H-pyrrole nitrogens is 1. The topological polar surface area (TPSA) is 95.2 Å². The summed E-state index contributed by atoms with van der Waals surface area (Å²) in [5.41, 5.74) is 0.615. The molecular weight excluding hydrogens is 327 g/mol. The van der Waals surface area contributed by atoms with Crippen molar-refractivity contribution in [3.05, 3.63) is 63.9 Å². The molecule has 0 radical (unpaired) electrons. The van der Waals surface area contributed by atoms with Crippen LogP contribution in [0.5, 0.6) is 0 Å². The van der Waals surface area contributed by atoms with Crippen molar-refractivity contribution < 1.29 is 14.0 Å². The lowest BCUT2D eigenvalue weighted by Crippen LogP contribution is -2.46. The van der Waals surface area contributed by atoms with Gasteiger partial charge in [0.05, 0.1) is 5.70 Å². The van der Waals surface area contributed by atoms with Gasteiger partial charge in [0, 0.05) is 17.7 Å². The second kappa shape index (κ2) is 7.25. The van der Waals surface area contributed by atoms with Gasteiger partial charge in [-0.15, -0.1) is 0 Å². The molecule has 2 amide bonds. The van der Waals surface area contributed by atoms with E-state index in [9.17, 15) is 18.8 Å². The van der Waals surface area contributed by atoms with Crippen LogP contribution in [0.3, 0.4) is 0 Å². The van der Waals surface area contributed by atoms with Crippen molar-refractivity contribution in [2.24, 2.45) is 0 Å². The van der Waals surface area contributed by atoms with Gasteiger partial charge in [-0.3, -0.25) is 14.4 Å². The van der Waals surface area contributed by atoms with Crippen LogP contribution in [0.25, 0.3) is 0 Å². The third-order valence-corrected chi connectivity index (χ3v) is 3.81. The second-order valence-electron chi connectivity index (χ2n) is 5.61. The van der Waals surface area contributed by atoms with Crippen LogP contribution in [0.4, 0.5) is 4.39 Å². The summed E-state index contributed by atoms with van der Waals surface area (Å²) in [5, 5.41) is 2.34. The molecule has 0 bridgehead atoms. The van der Waals surface area contributed by atoms with Crippen LogP contribution in [0, 0.1) is 13.8 Å². The Morgan fingerprint density at radius 3 is 2.64 bits per heavy atom. The number of aryl methyl sites for hydroxylation is 2. The molecule has 0 saturated heterocycles. The van der Waals surface area contributed by atoms with Gasteiger partial charge >= 0.3 is 0 Å². The van der Waals surface area contributed by atoms with Gasteiger partial charge in [-0.2, -0.15) is 0 Å². The van der Waals surface area contributed by atoms with Crippen molar-refractivity contribution in [2.45, 2.75) is 26.7 Å². The third kappa shape index (κ3) is 3.90. The van der Waals surface area contributed by atoms with Gasteiger partial charge in [-0.25, -0.2) is 9.37 Å². The molecule has 0 unspecified atom stereocenters. The Labute approximate surface area is 144 Å². The fourth-order valence-electron chi connectivity index (χ4n) is 2.66. The zero-order valence-corrected chi connectivity index (χ0v) is 14.1. The lowest BCUT2D eigenvalue weighted by Gasteiger charge is -2.30. The highest BCUT2D eigenvalue weighted by Gasteiger charge is 2.29. The number of hydrogen-bond acceptors (Lipinski definition) is 4. The molecule has 25 heavy (non-hydrogen) atoms. The summed E-state index contributed by atoms with van der Waals surface area (Å²) in [7, 11) is 0. The molecular formula is C17H19FN4O3. The molecule has 0 spiro atoms. The number of carbonyl (C=O) groups excluding carboxylic acids is 2. The number of nitrogens with one attached hydrogen (secondary N) is 2. The van der Waals surface area contributed by atoms with Crippen LogP contribution in [0.2, 0.25) is 0 Å². The molecule has 0 saturated carbocycles. The lowest BCUT2D eigenvalue weighted by molar-refractivity contribution is -0.134. The van der Waals surface area contributed by atoms with E-state index in [1.807, 2.05) is 0 Å². The van der Waals surface area contributed by atoms with Crippen molar-refractivity contribution >= 4 is 11.8 Å². The zero-order valence-electron chi connectivity index (χ0n) is 14.1. The summed E-state index contributed by atoms with van der Waals surface area (Å²) in [6, 6.07) is 0. The molecule has 1 aromatic heterocycles. The van der Waals surface area contributed by atoms with Crippen molar-refractivity contribution in [3.8, 4) is 0 Å². The van der Waals surface area contributed by atoms with Gasteiger partial charge in [-0.1, -0.05) is 13.2 Å². The standard InChI is InChI=1S/C17H19FN4O3/c1-5-13-16(9(2)18)21-14(23)8-22(13)15(24)7-6-12-10(3)19-11(4)20-17(12)25/h5H,1-2,6-8H2,3-4H3,(H,21,23)(H,19,20,25). The highest BCUT2D eigenvalue weighted by molar-refractivity contribution is 5.90. The number of rotatable bonds is 5. The smallest absolute Gasteiger partial charge is 0.254 e. The Balaban J connectivity index is 2.24. The van der Waals surface area contributed by atoms with Crippen LogP contribution in [0.15, 0.2) is 41.2 Å². The van der Waals surface area contributed by atoms with Gasteiger partial charge < -0.3 is 15.2 Å². The Hall–Kier alpha value is -3.03. The largest absolute Gasteiger partial charge is 0.320 e. The predicted octanol–water partition coefficient (Wildman–Crippen LogP) is 1.16. The first kappa shape index (κ1) is 18.3. The molecule has 0 atom stereocenters. The molecule has 1 aliphatic heterocycles. The number of halogens is 1. The van der Waals surface area contributed by atoms with E-state index in [-0.39, 0.29) is 36.3 Å². The fraction of sp³-hybridized carbons (Fsp3) is 0.294. The summed E-state index contributed by atoms with van der Waals surface area (Å²) in [6.45, 7) is 9.81. The minimum absolute atomic E-state index is 0.0364. The SMILES string of the molecule is C=CC1=C(C(=C)F)NC(=O)CN1C(=O)CCc1c(C)nc(C)[nH]c1=O. The van der Waals surface area contributed by atoms with Crippen molar-refractivity contribution in [1.29, 1.82) is 0 Å². The molecule has 1 aliphatic rings. The lowest BCUT2D eigenvalue weighted by atomic mass is 10.1. The molecule has 0 aromatic carbocycles. The van der Waals surface area contributed by atoms with Crippen LogP contribution >= 0.6 is 0 Å². The predicted molar refractivity (Wildman–Crippen MR) is 90.0 cm³/mol. The summed E-state index contributed by atoms with van der Waals surface area (Å²) < 4.78 is 13.5.